The normalized spacial score (nSPS) is 15.5. The second kappa shape index (κ2) is 12.3. The summed E-state index contributed by atoms with van der Waals surface area (Å²) in [6.07, 6.45) is 6.64. The van der Waals surface area contributed by atoms with Crippen LogP contribution in [-0.4, -0.2) is 51.8 Å². The monoisotopic (exact) mass is 556 g/mol. The lowest BCUT2D eigenvalue weighted by Crippen LogP contribution is -2.52. The number of hydrogen-bond donors (Lipinski definition) is 1. The number of benzene rings is 3. The number of amides is 2. The molecule has 3 aromatic carbocycles. The van der Waals surface area contributed by atoms with Crippen LogP contribution in [0.15, 0.2) is 84.9 Å². The molecule has 5 rings (SSSR count). The molecule has 0 radical (unpaired) electrons. The van der Waals surface area contributed by atoms with Crippen molar-refractivity contribution >= 4 is 45.8 Å². The highest BCUT2D eigenvalue weighted by Crippen LogP contribution is 2.29. The van der Waals surface area contributed by atoms with Crippen LogP contribution in [0.5, 0.6) is 0 Å². The van der Waals surface area contributed by atoms with Gasteiger partial charge in [0, 0.05) is 37.0 Å². The summed E-state index contributed by atoms with van der Waals surface area (Å²) >= 11 is 6.14. The summed E-state index contributed by atoms with van der Waals surface area (Å²) in [6, 6.07) is 21.9. The van der Waals surface area contributed by atoms with Crippen LogP contribution in [0.4, 0.5) is 11.4 Å². The minimum Gasteiger partial charge on any atom is -0.378 e. The summed E-state index contributed by atoms with van der Waals surface area (Å²) in [5.41, 5.74) is 4.10. The van der Waals surface area contributed by atoms with Crippen LogP contribution in [0.3, 0.4) is 0 Å². The first-order valence-electron chi connectivity index (χ1n) is 13.4. The summed E-state index contributed by atoms with van der Waals surface area (Å²) in [5.74, 6) is -0.443. The van der Waals surface area contributed by atoms with Crippen molar-refractivity contribution in [2.45, 2.75) is 38.4 Å². The number of allylic oxidation sites excluding steroid dienone is 2. The van der Waals surface area contributed by atoms with Crippen molar-refractivity contribution in [1.29, 1.82) is 0 Å². The molecule has 206 valence electrons. The van der Waals surface area contributed by atoms with Gasteiger partial charge in [0.2, 0.25) is 11.8 Å². The van der Waals surface area contributed by atoms with Gasteiger partial charge in [-0.3, -0.25) is 9.59 Å². The Bertz CT molecular complexity index is 1500. The van der Waals surface area contributed by atoms with E-state index in [4.69, 9.17) is 11.6 Å². The Morgan fingerprint density at radius 1 is 1.02 bits per heavy atom. The van der Waals surface area contributed by atoms with E-state index >= 15 is 0 Å². The topological polar surface area (TPSA) is 83.4 Å². The lowest BCUT2D eigenvalue weighted by atomic mass is 9.85. The van der Waals surface area contributed by atoms with Crippen molar-refractivity contribution in [1.82, 2.24) is 19.9 Å². The lowest BCUT2D eigenvalue weighted by Gasteiger charge is -2.37. The van der Waals surface area contributed by atoms with Crippen LogP contribution in [-0.2, 0) is 22.7 Å². The summed E-state index contributed by atoms with van der Waals surface area (Å²) < 4.78 is 1.60. The molecule has 0 fully saturated rings. The Morgan fingerprint density at radius 2 is 1.77 bits per heavy atom. The summed E-state index contributed by atoms with van der Waals surface area (Å²) in [6.45, 7) is 0.235. The van der Waals surface area contributed by atoms with Gasteiger partial charge in [-0.15, -0.1) is 5.10 Å². The van der Waals surface area contributed by atoms with Gasteiger partial charge < -0.3 is 15.1 Å². The number of nitrogens with one attached hydrogen (secondary N) is 1. The van der Waals surface area contributed by atoms with E-state index in [1.165, 1.54) is 0 Å². The van der Waals surface area contributed by atoms with Crippen LogP contribution < -0.4 is 10.2 Å². The Labute approximate surface area is 239 Å². The minimum absolute atomic E-state index is 0.0298. The van der Waals surface area contributed by atoms with Crippen molar-refractivity contribution in [3.8, 4) is 0 Å². The van der Waals surface area contributed by atoms with Crippen LogP contribution in [0, 0.1) is 5.92 Å². The fourth-order valence-corrected chi connectivity index (χ4v) is 5.28. The molecule has 0 spiro atoms. The van der Waals surface area contributed by atoms with Gasteiger partial charge >= 0.3 is 0 Å². The van der Waals surface area contributed by atoms with E-state index in [0.29, 0.717) is 22.6 Å². The zero-order valence-corrected chi connectivity index (χ0v) is 23.5. The number of halogens is 1. The van der Waals surface area contributed by atoms with Gasteiger partial charge in [0.05, 0.1) is 5.52 Å². The van der Waals surface area contributed by atoms with Gasteiger partial charge in [-0.25, -0.2) is 4.68 Å². The van der Waals surface area contributed by atoms with E-state index in [9.17, 15) is 9.59 Å². The molecule has 1 aliphatic carbocycles. The molecule has 0 aliphatic heterocycles. The van der Waals surface area contributed by atoms with Gasteiger partial charge in [0.15, 0.2) is 0 Å². The third-order valence-corrected chi connectivity index (χ3v) is 7.56. The third-order valence-electron chi connectivity index (χ3n) is 7.30. The highest BCUT2D eigenvalue weighted by atomic mass is 35.5. The molecule has 1 N–H and O–H groups in total. The Kier molecular flexibility index (Phi) is 8.45. The van der Waals surface area contributed by atoms with Crippen molar-refractivity contribution in [3.05, 3.63) is 95.5 Å². The van der Waals surface area contributed by atoms with Crippen molar-refractivity contribution in [2.24, 2.45) is 5.92 Å². The number of para-hydroxylation sites is 1. The summed E-state index contributed by atoms with van der Waals surface area (Å²) in [5, 5.41) is 12.1. The first-order chi connectivity index (χ1) is 19.4. The van der Waals surface area contributed by atoms with E-state index in [0.717, 1.165) is 29.6 Å². The number of aromatic nitrogens is 3. The zero-order valence-electron chi connectivity index (χ0n) is 22.7. The number of fused-ring (bicyclic) bond motifs is 1. The van der Waals surface area contributed by atoms with E-state index in [1.54, 1.807) is 21.7 Å². The SMILES string of the molecule is CN(C)c1ccc(NC(=O)C(C2CC=CCC2)N(Cc2ccc(Cl)cc2)C(=O)Cn2nnc3ccccc32)cc1. The molecule has 1 aromatic heterocycles. The summed E-state index contributed by atoms with van der Waals surface area (Å²) in [7, 11) is 3.94. The molecule has 2 amide bonds. The highest BCUT2D eigenvalue weighted by molar-refractivity contribution is 6.30. The van der Waals surface area contributed by atoms with E-state index < -0.39 is 6.04 Å². The molecule has 0 saturated heterocycles. The fourth-order valence-electron chi connectivity index (χ4n) is 5.15. The molecule has 2 unspecified atom stereocenters. The van der Waals surface area contributed by atoms with Gasteiger partial charge in [-0.1, -0.05) is 53.2 Å². The predicted octanol–water partition coefficient (Wildman–Crippen LogP) is 5.54. The van der Waals surface area contributed by atoms with Gasteiger partial charge in [-0.2, -0.15) is 0 Å². The molecular weight excluding hydrogens is 524 g/mol. The van der Waals surface area contributed by atoms with Crippen molar-refractivity contribution < 1.29 is 9.59 Å². The largest absolute Gasteiger partial charge is 0.378 e. The second-order valence-electron chi connectivity index (χ2n) is 10.3. The molecular formula is C31H33ClN6O2. The van der Waals surface area contributed by atoms with Gasteiger partial charge in [0.25, 0.3) is 0 Å². The molecule has 0 bridgehead atoms. The zero-order chi connectivity index (χ0) is 28.1. The average molecular weight is 557 g/mol. The minimum atomic E-state index is -0.684. The molecule has 0 saturated carbocycles. The number of anilines is 2. The van der Waals surface area contributed by atoms with Crippen LogP contribution >= 0.6 is 11.6 Å². The third kappa shape index (κ3) is 6.34. The van der Waals surface area contributed by atoms with E-state index in [-0.39, 0.29) is 30.8 Å². The standard InChI is InChI=1S/C31H33ClN6O2/c1-36(2)26-18-16-25(17-19-26)33-31(40)30(23-8-4-3-5-9-23)37(20-22-12-14-24(32)15-13-22)29(39)21-38-28-11-7-6-10-27(28)34-35-38/h3-4,6-7,10-19,23,30H,5,8-9,20-21H2,1-2H3,(H,33,40). The lowest BCUT2D eigenvalue weighted by molar-refractivity contribution is -0.142. The smallest absolute Gasteiger partial charge is 0.247 e. The predicted molar refractivity (Wildman–Crippen MR) is 159 cm³/mol. The molecule has 1 heterocycles. The Morgan fingerprint density at radius 3 is 2.48 bits per heavy atom. The summed E-state index contributed by atoms with van der Waals surface area (Å²) in [4.78, 5) is 31.8. The number of hydrogen-bond acceptors (Lipinski definition) is 5. The molecule has 8 nitrogen and oxygen atoms in total. The number of carbonyl (C=O) groups excluding carboxylic acids is 2. The molecule has 40 heavy (non-hydrogen) atoms. The maximum atomic E-state index is 14.1. The maximum absolute atomic E-state index is 14.1. The van der Waals surface area contributed by atoms with Crippen molar-refractivity contribution in [3.63, 3.8) is 0 Å². The molecule has 2 atom stereocenters. The van der Waals surface area contributed by atoms with Crippen LogP contribution in [0.2, 0.25) is 5.02 Å². The number of carbonyl (C=O) groups is 2. The fraction of sp³-hybridized carbons (Fsp3) is 0.290. The van der Waals surface area contributed by atoms with E-state index in [2.05, 4.69) is 27.8 Å². The average Bonchev–Trinajstić information content (AvgIpc) is 3.37. The quantitative estimate of drug-likeness (QED) is 0.274. The maximum Gasteiger partial charge on any atom is 0.247 e. The number of rotatable bonds is 9. The number of nitrogens with zero attached hydrogens (tertiary/aromatic N) is 5. The first kappa shape index (κ1) is 27.4. The second-order valence-corrected chi connectivity index (χ2v) is 10.7. The molecule has 4 aromatic rings. The van der Waals surface area contributed by atoms with Gasteiger partial charge in [0.1, 0.15) is 18.1 Å². The van der Waals surface area contributed by atoms with E-state index in [1.807, 2.05) is 79.7 Å². The van der Waals surface area contributed by atoms with Crippen molar-refractivity contribution in [2.75, 3.05) is 24.3 Å². The first-order valence-corrected chi connectivity index (χ1v) is 13.8. The van der Waals surface area contributed by atoms with Crippen LogP contribution in [0.1, 0.15) is 24.8 Å². The van der Waals surface area contributed by atoms with Gasteiger partial charge in [-0.05, 0) is 79.3 Å². The molecule has 1 aliphatic rings. The van der Waals surface area contributed by atoms with Crippen LogP contribution in [0.25, 0.3) is 11.0 Å². The Balaban J connectivity index is 1.48. The highest BCUT2D eigenvalue weighted by Gasteiger charge is 2.37. The molecule has 9 heteroatoms. The Hall–Kier alpha value is -4.17.